The molecule has 1 aromatic carbocycles. The molecule has 0 saturated heterocycles. The van der Waals surface area contributed by atoms with Gasteiger partial charge in [0.1, 0.15) is 5.82 Å². The number of halogens is 4. The first kappa shape index (κ1) is 15.5. The Balaban J connectivity index is 2.97. The Morgan fingerprint density at radius 2 is 1.88 bits per heavy atom. The zero-order valence-electron chi connectivity index (χ0n) is 9.94. The van der Waals surface area contributed by atoms with Crippen molar-refractivity contribution in [2.75, 3.05) is 10.7 Å². The number of hydrogen-bond donors (Lipinski definition) is 0. The van der Waals surface area contributed by atoms with Gasteiger partial charge in [0, 0.05) is 10.7 Å². The van der Waals surface area contributed by atoms with Crippen molar-refractivity contribution < 1.29 is 4.39 Å². The monoisotopic (exact) mass is 384 g/mol. The molecule has 0 aliphatic carbocycles. The molecule has 0 unspecified atom stereocenters. The number of benzene rings is 1. The summed E-state index contributed by atoms with van der Waals surface area (Å²) in [5.74, 6) is 0.160. The quantitative estimate of drug-likeness (QED) is 0.590. The Labute approximate surface area is 124 Å². The van der Waals surface area contributed by atoms with Crippen molar-refractivity contribution in [2.24, 2.45) is 11.3 Å². The van der Waals surface area contributed by atoms with Gasteiger partial charge in [-0.25, -0.2) is 4.39 Å². The van der Waals surface area contributed by atoms with E-state index in [0.29, 0.717) is 5.92 Å². The molecule has 0 amide bonds. The molecule has 0 spiro atoms. The van der Waals surface area contributed by atoms with Gasteiger partial charge in [-0.1, -0.05) is 63.4 Å². The lowest BCUT2D eigenvalue weighted by molar-refractivity contribution is 0.268. The normalized spacial score (nSPS) is 12.2. The zero-order chi connectivity index (χ0) is 13.1. The Hall–Kier alpha value is 0.400. The van der Waals surface area contributed by atoms with Gasteiger partial charge in [-0.05, 0) is 35.4 Å². The van der Waals surface area contributed by atoms with Gasteiger partial charge in [0.2, 0.25) is 0 Å². The van der Waals surface area contributed by atoms with E-state index in [1.165, 1.54) is 6.07 Å². The molecule has 0 aliphatic heterocycles. The molecule has 0 heterocycles. The van der Waals surface area contributed by atoms with Gasteiger partial charge in [0.15, 0.2) is 0 Å². The van der Waals surface area contributed by atoms with Crippen LogP contribution in [0, 0.1) is 17.2 Å². The maximum atomic E-state index is 13.1. The van der Waals surface area contributed by atoms with Crippen molar-refractivity contribution in [3.05, 3.63) is 34.6 Å². The molecule has 17 heavy (non-hydrogen) atoms. The summed E-state index contributed by atoms with van der Waals surface area (Å²) in [6, 6.07) is 4.97. The van der Waals surface area contributed by atoms with Gasteiger partial charge in [0.05, 0.1) is 5.02 Å². The highest BCUT2D eigenvalue weighted by atomic mass is 79.9. The molecule has 4 heteroatoms. The summed E-state index contributed by atoms with van der Waals surface area (Å²) >= 11 is 13.0. The molecule has 0 bridgehead atoms. The Bertz CT molecular complexity index is 376. The van der Waals surface area contributed by atoms with E-state index in [1.54, 1.807) is 6.07 Å². The molecule has 0 saturated carbocycles. The molecular formula is C13H16Br2ClF. The smallest absolute Gasteiger partial charge is 0.141 e. The van der Waals surface area contributed by atoms with Gasteiger partial charge in [0.25, 0.3) is 0 Å². The lowest BCUT2D eigenvalue weighted by Crippen LogP contribution is -2.33. The standard InChI is InChI=1S/C13H16Br2ClF/c1-9(2)13(7-14,8-15)6-10-3-4-12(17)11(16)5-10/h3-5,9H,6-8H2,1-2H3. The van der Waals surface area contributed by atoms with E-state index in [-0.39, 0.29) is 16.3 Å². The summed E-state index contributed by atoms with van der Waals surface area (Å²) < 4.78 is 13.1. The molecule has 96 valence electrons. The van der Waals surface area contributed by atoms with Crippen LogP contribution in [0.1, 0.15) is 19.4 Å². The highest BCUT2D eigenvalue weighted by Crippen LogP contribution is 2.36. The van der Waals surface area contributed by atoms with E-state index >= 15 is 0 Å². The fraction of sp³-hybridized carbons (Fsp3) is 0.538. The van der Waals surface area contributed by atoms with Gasteiger partial charge in [-0.3, -0.25) is 0 Å². The summed E-state index contributed by atoms with van der Waals surface area (Å²) in [6.07, 6.45) is 0.876. The summed E-state index contributed by atoms with van der Waals surface area (Å²) in [5, 5.41) is 2.00. The minimum atomic E-state index is -0.358. The van der Waals surface area contributed by atoms with Gasteiger partial charge < -0.3 is 0 Å². The Morgan fingerprint density at radius 3 is 2.29 bits per heavy atom. The summed E-state index contributed by atoms with van der Waals surface area (Å²) in [6.45, 7) is 4.40. The van der Waals surface area contributed by atoms with Crippen molar-refractivity contribution in [1.82, 2.24) is 0 Å². The summed E-state index contributed by atoms with van der Waals surface area (Å²) in [5.41, 5.74) is 1.20. The largest absolute Gasteiger partial charge is 0.205 e. The van der Waals surface area contributed by atoms with E-state index in [4.69, 9.17) is 11.6 Å². The van der Waals surface area contributed by atoms with Crippen molar-refractivity contribution in [3.8, 4) is 0 Å². The van der Waals surface area contributed by atoms with Gasteiger partial charge >= 0.3 is 0 Å². The molecule has 0 N–H and O–H groups in total. The predicted octanol–water partition coefficient (Wildman–Crippen LogP) is 5.45. The molecule has 0 fully saturated rings. The lowest BCUT2D eigenvalue weighted by atomic mass is 9.76. The molecule has 1 aromatic rings. The lowest BCUT2D eigenvalue weighted by Gasteiger charge is -2.34. The van der Waals surface area contributed by atoms with Crippen molar-refractivity contribution in [2.45, 2.75) is 20.3 Å². The first-order valence-corrected chi connectivity index (χ1v) is 8.13. The van der Waals surface area contributed by atoms with Crippen LogP contribution < -0.4 is 0 Å². The zero-order valence-corrected chi connectivity index (χ0v) is 13.9. The number of alkyl halides is 2. The molecule has 0 nitrogen and oxygen atoms in total. The topological polar surface area (TPSA) is 0 Å². The average Bonchev–Trinajstić information content (AvgIpc) is 2.30. The van der Waals surface area contributed by atoms with Crippen LogP contribution in [0.5, 0.6) is 0 Å². The third-order valence-electron chi connectivity index (χ3n) is 3.30. The van der Waals surface area contributed by atoms with Crippen molar-refractivity contribution in [3.63, 3.8) is 0 Å². The number of hydrogen-bond acceptors (Lipinski definition) is 0. The summed E-state index contributed by atoms with van der Waals surface area (Å²) in [7, 11) is 0. The molecular weight excluding hydrogens is 370 g/mol. The van der Waals surface area contributed by atoms with Crippen LogP contribution in [0.25, 0.3) is 0 Å². The molecule has 0 aromatic heterocycles. The van der Waals surface area contributed by atoms with E-state index in [2.05, 4.69) is 45.7 Å². The third-order valence-corrected chi connectivity index (χ3v) is 5.82. The van der Waals surface area contributed by atoms with Gasteiger partial charge in [-0.2, -0.15) is 0 Å². The first-order valence-electron chi connectivity index (χ1n) is 5.51. The molecule has 0 radical (unpaired) electrons. The van der Waals surface area contributed by atoms with Crippen LogP contribution >= 0.6 is 43.5 Å². The minimum Gasteiger partial charge on any atom is -0.205 e. The minimum absolute atomic E-state index is 0.126. The van der Waals surface area contributed by atoms with Crippen molar-refractivity contribution in [1.29, 1.82) is 0 Å². The second kappa shape index (κ2) is 6.53. The average molecular weight is 387 g/mol. The van der Waals surface area contributed by atoms with Gasteiger partial charge in [-0.15, -0.1) is 0 Å². The highest BCUT2D eigenvalue weighted by molar-refractivity contribution is 9.09. The molecule has 1 rings (SSSR count). The molecule has 0 aliphatic rings. The van der Waals surface area contributed by atoms with Crippen LogP contribution in [0.2, 0.25) is 5.02 Å². The maximum absolute atomic E-state index is 13.1. The predicted molar refractivity (Wildman–Crippen MR) is 80.0 cm³/mol. The second-order valence-electron chi connectivity index (χ2n) is 4.71. The van der Waals surface area contributed by atoms with E-state index in [1.807, 2.05) is 6.07 Å². The molecule has 0 atom stereocenters. The first-order chi connectivity index (χ1) is 7.95. The van der Waals surface area contributed by atoms with Crippen LogP contribution in [0.4, 0.5) is 4.39 Å². The van der Waals surface area contributed by atoms with Crippen molar-refractivity contribution >= 4 is 43.5 Å². The third kappa shape index (κ3) is 3.68. The van der Waals surface area contributed by atoms with Crippen LogP contribution in [-0.4, -0.2) is 10.7 Å². The van der Waals surface area contributed by atoms with Crippen LogP contribution in [0.3, 0.4) is 0 Å². The fourth-order valence-electron chi connectivity index (χ4n) is 1.70. The second-order valence-corrected chi connectivity index (χ2v) is 6.24. The highest BCUT2D eigenvalue weighted by Gasteiger charge is 2.31. The van der Waals surface area contributed by atoms with E-state index in [9.17, 15) is 4.39 Å². The van der Waals surface area contributed by atoms with Crippen LogP contribution in [0.15, 0.2) is 18.2 Å². The Kier molecular flexibility index (Phi) is 5.94. The Morgan fingerprint density at radius 1 is 1.29 bits per heavy atom. The summed E-state index contributed by atoms with van der Waals surface area (Å²) in [4.78, 5) is 0. The fourth-order valence-corrected chi connectivity index (χ4v) is 4.52. The SMILES string of the molecule is CC(C)C(CBr)(CBr)Cc1ccc(F)c(Cl)c1. The maximum Gasteiger partial charge on any atom is 0.141 e. The number of rotatable bonds is 5. The van der Waals surface area contributed by atoms with E-state index in [0.717, 1.165) is 22.6 Å². The van der Waals surface area contributed by atoms with Crippen LogP contribution in [-0.2, 0) is 6.42 Å². The van der Waals surface area contributed by atoms with E-state index < -0.39 is 0 Å².